The lowest BCUT2D eigenvalue weighted by Crippen LogP contribution is -2.29. The summed E-state index contributed by atoms with van der Waals surface area (Å²) in [6, 6.07) is 7.31. The highest BCUT2D eigenvalue weighted by atomic mass is 16.5. The van der Waals surface area contributed by atoms with Crippen molar-refractivity contribution in [1.29, 1.82) is 0 Å². The lowest BCUT2D eigenvalue weighted by atomic mass is 10.3. The Hall–Kier alpha value is -1.71. The van der Waals surface area contributed by atoms with Crippen molar-refractivity contribution >= 4 is 5.91 Å². The molecule has 0 bridgehead atoms. The number of ether oxygens (including phenoxy) is 2. The zero-order valence-corrected chi connectivity index (χ0v) is 11.8. The van der Waals surface area contributed by atoms with Gasteiger partial charge in [0.05, 0.1) is 6.61 Å². The van der Waals surface area contributed by atoms with Crippen molar-refractivity contribution in [2.24, 2.45) is 0 Å². The highest BCUT2D eigenvalue weighted by Crippen LogP contribution is 2.17. The Balaban J connectivity index is 2.27. The first-order chi connectivity index (χ1) is 9.26. The molecule has 0 aliphatic rings. The molecule has 0 radical (unpaired) electrons. The second-order valence-electron chi connectivity index (χ2n) is 4.31. The maximum atomic E-state index is 11.4. The molecular weight excluding hydrogens is 242 g/mol. The van der Waals surface area contributed by atoms with Crippen LogP contribution in [0, 0.1) is 0 Å². The van der Waals surface area contributed by atoms with Crippen LogP contribution >= 0.6 is 0 Å². The van der Waals surface area contributed by atoms with E-state index in [2.05, 4.69) is 19.2 Å². The van der Waals surface area contributed by atoms with Crippen LogP contribution in [-0.4, -0.2) is 25.7 Å². The molecule has 1 rings (SSSR count). The van der Waals surface area contributed by atoms with Crippen molar-refractivity contribution in [2.75, 3.05) is 19.8 Å². The Bertz CT molecular complexity index is 362. The van der Waals surface area contributed by atoms with E-state index in [0.717, 1.165) is 25.0 Å². The van der Waals surface area contributed by atoms with Gasteiger partial charge in [-0.25, -0.2) is 0 Å². The predicted molar refractivity (Wildman–Crippen MR) is 75.6 cm³/mol. The third-order valence-corrected chi connectivity index (χ3v) is 2.52. The van der Waals surface area contributed by atoms with Crippen molar-refractivity contribution in [3.05, 3.63) is 24.3 Å². The number of rotatable bonds is 9. The van der Waals surface area contributed by atoms with Gasteiger partial charge in [-0.3, -0.25) is 4.79 Å². The van der Waals surface area contributed by atoms with Gasteiger partial charge in [0.25, 0.3) is 5.91 Å². The molecule has 0 heterocycles. The van der Waals surface area contributed by atoms with Crippen LogP contribution in [0.15, 0.2) is 24.3 Å². The predicted octanol–water partition coefficient (Wildman–Crippen LogP) is 2.77. The van der Waals surface area contributed by atoms with Crippen molar-refractivity contribution in [1.82, 2.24) is 5.32 Å². The molecule has 1 aromatic rings. The molecule has 4 heteroatoms. The van der Waals surface area contributed by atoms with E-state index in [1.165, 1.54) is 0 Å². The Morgan fingerprint density at radius 1 is 1.05 bits per heavy atom. The van der Waals surface area contributed by atoms with Gasteiger partial charge >= 0.3 is 0 Å². The Morgan fingerprint density at radius 3 is 2.26 bits per heavy atom. The first-order valence-corrected chi connectivity index (χ1v) is 6.88. The van der Waals surface area contributed by atoms with Crippen LogP contribution < -0.4 is 14.8 Å². The molecule has 1 N–H and O–H groups in total. The Morgan fingerprint density at radius 2 is 1.68 bits per heavy atom. The van der Waals surface area contributed by atoms with Gasteiger partial charge in [0.1, 0.15) is 11.5 Å². The maximum absolute atomic E-state index is 11.4. The van der Waals surface area contributed by atoms with Gasteiger partial charge < -0.3 is 14.8 Å². The number of carbonyl (C=O) groups is 1. The van der Waals surface area contributed by atoms with Gasteiger partial charge in [-0.1, -0.05) is 20.3 Å². The molecule has 106 valence electrons. The van der Waals surface area contributed by atoms with Crippen LogP contribution in [0.5, 0.6) is 11.5 Å². The third-order valence-electron chi connectivity index (χ3n) is 2.52. The fourth-order valence-corrected chi connectivity index (χ4v) is 1.46. The van der Waals surface area contributed by atoms with Crippen molar-refractivity contribution in [3.8, 4) is 11.5 Å². The quantitative estimate of drug-likeness (QED) is 0.698. The molecule has 4 nitrogen and oxygen atoms in total. The summed E-state index contributed by atoms with van der Waals surface area (Å²) in [5.74, 6) is 1.41. The summed E-state index contributed by atoms with van der Waals surface area (Å²) >= 11 is 0. The standard InChI is InChI=1S/C15H23NO3/c1-3-5-10-16-15(17)12-19-14-8-6-13(7-9-14)18-11-4-2/h6-9H,3-5,10-12H2,1-2H3,(H,16,17). The van der Waals surface area contributed by atoms with Crippen LogP contribution in [0.2, 0.25) is 0 Å². The number of nitrogens with one attached hydrogen (secondary N) is 1. The van der Waals surface area contributed by atoms with E-state index < -0.39 is 0 Å². The second kappa shape index (κ2) is 9.25. The SMILES string of the molecule is CCCCNC(=O)COc1ccc(OCCC)cc1. The summed E-state index contributed by atoms with van der Waals surface area (Å²) in [5, 5.41) is 2.80. The molecule has 1 aromatic carbocycles. The lowest BCUT2D eigenvalue weighted by molar-refractivity contribution is -0.123. The number of hydrogen-bond donors (Lipinski definition) is 1. The van der Waals surface area contributed by atoms with Crippen LogP contribution in [-0.2, 0) is 4.79 Å². The van der Waals surface area contributed by atoms with E-state index in [4.69, 9.17) is 9.47 Å². The van der Waals surface area contributed by atoms with E-state index >= 15 is 0 Å². The fraction of sp³-hybridized carbons (Fsp3) is 0.533. The highest BCUT2D eigenvalue weighted by molar-refractivity contribution is 5.77. The summed E-state index contributed by atoms with van der Waals surface area (Å²) in [7, 11) is 0. The van der Waals surface area contributed by atoms with Crippen LogP contribution in [0.25, 0.3) is 0 Å². The van der Waals surface area contributed by atoms with E-state index in [-0.39, 0.29) is 12.5 Å². The Kier molecular flexibility index (Phi) is 7.47. The van der Waals surface area contributed by atoms with Gasteiger partial charge in [0, 0.05) is 6.54 Å². The largest absolute Gasteiger partial charge is 0.494 e. The van der Waals surface area contributed by atoms with Gasteiger partial charge in [0.15, 0.2) is 6.61 Å². The van der Waals surface area contributed by atoms with Crippen molar-refractivity contribution in [3.63, 3.8) is 0 Å². The van der Waals surface area contributed by atoms with Crippen molar-refractivity contribution < 1.29 is 14.3 Å². The molecular formula is C15H23NO3. The number of unbranched alkanes of at least 4 members (excludes halogenated alkanes) is 1. The molecule has 0 saturated heterocycles. The molecule has 0 saturated carbocycles. The maximum Gasteiger partial charge on any atom is 0.257 e. The summed E-state index contributed by atoms with van der Waals surface area (Å²) in [6.45, 7) is 5.63. The first kappa shape index (κ1) is 15.3. The summed E-state index contributed by atoms with van der Waals surface area (Å²) in [4.78, 5) is 11.4. The van der Waals surface area contributed by atoms with E-state index in [0.29, 0.717) is 18.9 Å². The summed E-state index contributed by atoms with van der Waals surface area (Å²) < 4.78 is 10.9. The average molecular weight is 265 g/mol. The monoisotopic (exact) mass is 265 g/mol. The molecule has 0 fully saturated rings. The van der Waals surface area contributed by atoms with E-state index in [1.807, 2.05) is 24.3 Å². The molecule has 0 aromatic heterocycles. The molecule has 0 unspecified atom stereocenters. The molecule has 0 aliphatic heterocycles. The van der Waals surface area contributed by atoms with Crippen LogP contribution in [0.4, 0.5) is 0 Å². The van der Waals surface area contributed by atoms with Gasteiger partial charge in [0.2, 0.25) is 0 Å². The van der Waals surface area contributed by atoms with Crippen molar-refractivity contribution in [2.45, 2.75) is 33.1 Å². The molecule has 0 aliphatic carbocycles. The fourth-order valence-electron chi connectivity index (χ4n) is 1.46. The molecule has 19 heavy (non-hydrogen) atoms. The third kappa shape index (κ3) is 6.70. The lowest BCUT2D eigenvalue weighted by Gasteiger charge is -2.08. The van der Waals surface area contributed by atoms with Gasteiger partial charge in [-0.05, 0) is 37.1 Å². The van der Waals surface area contributed by atoms with Gasteiger partial charge in [-0.2, -0.15) is 0 Å². The molecule has 1 amide bonds. The van der Waals surface area contributed by atoms with Crippen LogP contribution in [0.3, 0.4) is 0 Å². The van der Waals surface area contributed by atoms with E-state index in [1.54, 1.807) is 0 Å². The number of carbonyl (C=O) groups excluding carboxylic acids is 1. The topological polar surface area (TPSA) is 47.6 Å². The molecule has 0 atom stereocenters. The van der Waals surface area contributed by atoms with Gasteiger partial charge in [-0.15, -0.1) is 0 Å². The zero-order valence-electron chi connectivity index (χ0n) is 11.8. The number of hydrogen-bond acceptors (Lipinski definition) is 3. The van der Waals surface area contributed by atoms with E-state index in [9.17, 15) is 4.79 Å². The summed E-state index contributed by atoms with van der Waals surface area (Å²) in [6.07, 6.45) is 3.05. The van der Waals surface area contributed by atoms with Crippen LogP contribution in [0.1, 0.15) is 33.1 Å². The minimum atomic E-state index is -0.0836. The number of amides is 1. The first-order valence-electron chi connectivity index (χ1n) is 6.88. The minimum absolute atomic E-state index is 0.0544. The number of benzene rings is 1. The second-order valence-corrected chi connectivity index (χ2v) is 4.31. The zero-order chi connectivity index (χ0) is 13.9. The smallest absolute Gasteiger partial charge is 0.257 e. The Labute approximate surface area is 115 Å². The summed E-state index contributed by atoms with van der Waals surface area (Å²) in [5.41, 5.74) is 0. The average Bonchev–Trinajstić information content (AvgIpc) is 2.44. The highest BCUT2D eigenvalue weighted by Gasteiger charge is 2.02. The normalized spacial score (nSPS) is 10.0. The minimum Gasteiger partial charge on any atom is -0.494 e. The molecule has 0 spiro atoms.